The number of esters is 1. The molecule has 0 radical (unpaired) electrons. The summed E-state index contributed by atoms with van der Waals surface area (Å²) >= 11 is 0. The summed E-state index contributed by atoms with van der Waals surface area (Å²) in [6.45, 7) is 6.48. The van der Waals surface area contributed by atoms with Crippen LogP contribution in [0.15, 0.2) is 30.3 Å². The summed E-state index contributed by atoms with van der Waals surface area (Å²) in [7, 11) is 0. The highest BCUT2D eigenvalue weighted by Crippen LogP contribution is 2.05. The Kier molecular flexibility index (Phi) is 6.39. The second-order valence-electron chi connectivity index (χ2n) is 4.37. The molecule has 0 aromatic heterocycles. The Labute approximate surface area is 108 Å². The zero-order valence-electron chi connectivity index (χ0n) is 11.2. The minimum atomic E-state index is -0.436. The van der Waals surface area contributed by atoms with Crippen LogP contribution in [0.3, 0.4) is 0 Å². The van der Waals surface area contributed by atoms with Gasteiger partial charge in [-0.3, -0.25) is 9.63 Å². The van der Waals surface area contributed by atoms with Gasteiger partial charge in [-0.05, 0) is 18.4 Å². The van der Waals surface area contributed by atoms with Crippen molar-refractivity contribution in [3.63, 3.8) is 0 Å². The molecule has 0 aliphatic heterocycles. The van der Waals surface area contributed by atoms with Crippen molar-refractivity contribution in [1.82, 2.24) is 5.48 Å². The molecule has 100 valence electrons. The van der Waals surface area contributed by atoms with Crippen LogP contribution < -0.4 is 5.48 Å². The quantitative estimate of drug-likeness (QED) is 0.596. The largest absolute Gasteiger partial charge is 0.465 e. The molecule has 0 spiro atoms. The van der Waals surface area contributed by atoms with Crippen molar-refractivity contribution >= 4 is 5.97 Å². The third kappa shape index (κ3) is 4.85. The lowest BCUT2D eigenvalue weighted by Crippen LogP contribution is -2.42. The van der Waals surface area contributed by atoms with Crippen LogP contribution in [0.1, 0.15) is 26.3 Å². The molecule has 1 atom stereocenters. The van der Waals surface area contributed by atoms with Crippen molar-refractivity contribution in [2.24, 2.45) is 5.92 Å². The number of nitrogens with one attached hydrogen (secondary N) is 1. The minimum absolute atomic E-state index is 0.111. The van der Waals surface area contributed by atoms with Crippen LogP contribution in [0.5, 0.6) is 0 Å². The van der Waals surface area contributed by atoms with Crippen molar-refractivity contribution in [3.8, 4) is 0 Å². The van der Waals surface area contributed by atoms with Gasteiger partial charge >= 0.3 is 5.97 Å². The Morgan fingerprint density at radius 3 is 2.50 bits per heavy atom. The minimum Gasteiger partial charge on any atom is -0.465 e. The summed E-state index contributed by atoms with van der Waals surface area (Å²) in [6.07, 6.45) is 0. The predicted molar refractivity (Wildman–Crippen MR) is 69.6 cm³/mol. The third-order valence-electron chi connectivity index (χ3n) is 2.50. The van der Waals surface area contributed by atoms with Gasteiger partial charge in [-0.25, -0.2) is 0 Å². The summed E-state index contributed by atoms with van der Waals surface area (Å²) in [5.41, 5.74) is 3.83. The topological polar surface area (TPSA) is 47.6 Å². The second-order valence-corrected chi connectivity index (χ2v) is 4.37. The molecule has 0 heterocycles. The molecule has 1 rings (SSSR count). The predicted octanol–water partition coefficient (Wildman–Crippen LogP) is 2.30. The second kappa shape index (κ2) is 7.84. The molecule has 0 aliphatic carbocycles. The van der Waals surface area contributed by atoms with E-state index in [4.69, 9.17) is 9.57 Å². The molecule has 4 nitrogen and oxygen atoms in total. The van der Waals surface area contributed by atoms with Crippen LogP contribution in [0.2, 0.25) is 0 Å². The Balaban J connectivity index is 2.41. The third-order valence-corrected chi connectivity index (χ3v) is 2.50. The van der Waals surface area contributed by atoms with E-state index >= 15 is 0 Å². The highest BCUT2D eigenvalue weighted by Gasteiger charge is 2.23. The molecule has 0 saturated heterocycles. The lowest BCUT2D eigenvalue weighted by Gasteiger charge is -2.20. The highest BCUT2D eigenvalue weighted by molar-refractivity contribution is 5.75. The first kappa shape index (κ1) is 14.7. The zero-order valence-corrected chi connectivity index (χ0v) is 11.2. The average Bonchev–Trinajstić information content (AvgIpc) is 2.35. The average molecular weight is 251 g/mol. The highest BCUT2D eigenvalue weighted by atomic mass is 16.6. The summed E-state index contributed by atoms with van der Waals surface area (Å²) in [6, 6.07) is 9.35. The first-order chi connectivity index (χ1) is 8.65. The normalized spacial score (nSPS) is 12.4. The van der Waals surface area contributed by atoms with E-state index in [9.17, 15) is 4.79 Å². The van der Waals surface area contributed by atoms with E-state index in [2.05, 4.69) is 5.48 Å². The molecule has 0 aliphatic rings. The summed E-state index contributed by atoms with van der Waals surface area (Å²) in [4.78, 5) is 17.0. The zero-order chi connectivity index (χ0) is 13.4. The van der Waals surface area contributed by atoms with Gasteiger partial charge in [0.25, 0.3) is 0 Å². The SMILES string of the molecule is CCOC(=O)C(NOCc1ccccc1)C(C)C. The first-order valence-corrected chi connectivity index (χ1v) is 6.23. The molecule has 1 unspecified atom stereocenters. The summed E-state index contributed by atoms with van der Waals surface area (Å²) in [5, 5.41) is 0. The van der Waals surface area contributed by atoms with Crippen molar-refractivity contribution < 1.29 is 14.4 Å². The van der Waals surface area contributed by atoms with Gasteiger partial charge in [0, 0.05) is 0 Å². The Morgan fingerprint density at radius 2 is 1.94 bits per heavy atom. The number of hydrogen-bond acceptors (Lipinski definition) is 4. The standard InChI is InChI=1S/C14H21NO3/c1-4-17-14(16)13(11(2)3)15-18-10-12-8-6-5-7-9-12/h5-9,11,13,15H,4,10H2,1-3H3. The van der Waals surface area contributed by atoms with Gasteiger partial charge in [0.05, 0.1) is 13.2 Å². The van der Waals surface area contributed by atoms with E-state index in [1.807, 2.05) is 44.2 Å². The Bertz CT molecular complexity index is 351. The van der Waals surface area contributed by atoms with Crippen molar-refractivity contribution in [2.75, 3.05) is 6.61 Å². The number of carbonyl (C=O) groups excluding carboxylic acids is 1. The van der Waals surface area contributed by atoms with Gasteiger partial charge in [0.15, 0.2) is 0 Å². The smallest absolute Gasteiger partial charge is 0.325 e. The van der Waals surface area contributed by atoms with Crippen LogP contribution in [0, 0.1) is 5.92 Å². The number of carbonyl (C=O) groups is 1. The molecule has 0 amide bonds. The number of benzene rings is 1. The van der Waals surface area contributed by atoms with E-state index in [1.165, 1.54) is 0 Å². The maximum atomic E-state index is 11.7. The summed E-state index contributed by atoms with van der Waals surface area (Å²) in [5.74, 6) is -0.166. The molecule has 1 aromatic rings. The lowest BCUT2D eigenvalue weighted by atomic mass is 10.1. The van der Waals surface area contributed by atoms with Crippen molar-refractivity contribution in [1.29, 1.82) is 0 Å². The van der Waals surface area contributed by atoms with Gasteiger partial charge in [-0.1, -0.05) is 44.2 Å². The number of hydroxylamine groups is 1. The number of rotatable bonds is 7. The van der Waals surface area contributed by atoms with Crippen LogP contribution >= 0.6 is 0 Å². The number of hydrogen-bond donors (Lipinski definition) is 1. The van der Waals surface area contributed by atoms with Crippen LogP contribution in [0.4, 0.5) is 0 Å². The van der Waals surface area contributed by atoms with Gasteiger partial charge in [-0.15, -0.1) is 0 Å². The maximum absolute atomic E-state index is 11.7. The molecule has 0 saturated carbocycles. The van der Waals surface area contributed by atoms with Gasteiger partial charge in [-0.2, -0.15) is 5.48 Å². The molecule has 1 N–H and O–H groups in total. The van der Waals surface area contributed by atoms with E-state index in [0.717, 1.165) is 5.56 Å². The molecule has 1 aromatic carbocycles. The fourth-order valence-corrected chi connectivity index (χ4v) is 1.48. The van der Waals surface area contributed by atoms with Crippen molar-refractivity contribution in [2.45, 2.75) is 33.4 Å². The van der Waals surface area contributed by atoms with Crippen LogP contribution in [0.25, 0.3) is 0 Å². The lowest BCUT2D eigenvalue weighted by molar-refractivity contribution is -0.152. The van der Waals surface area contributed by atoms with Crippen LogP contribution in [-0.2, 0) is 21.0 Å². The monoisotopic (exact) mass is 251 g/mol. The first-order valence-electron chi connectivity index (χ1n) is 6.23. The fraction of sp³-hybridized carbons (Fsp3) is 0.500. The van der Waals surface area contributed by atoms with Gasteiger partial charge < -0.3 is 4.74 Å². The molecule has 0 fully saturated rings. The van der Waals surface area contributed by atoms with E-state index < -0.39 is 6.04 Å². The Morgan fingerprint density at radius 1 is 1.28 bits per heavy atom. The molecule has 0 bridgehead atoms. The fourth-order valence-electron chi connectivity index (χ4n) is 1.48. The molecular weight excluding hydrogens is 230 g/mol. The van der Waals surface area contributed by atoms with Crippen LogP contribution in [-0.4, -0.2) is 18.6 Å². The van der Waals surface area contributed by atoms with Gasteiger partial charge in [0.2, 0.25) is 0 Å². The van der Waals surface area contributed by atoms with E-state index in [1.54, 1.807) is 6.92 Å². The molecule has 18 heavy (non-hydrogen) atoms. The Hall–Kier alpha value is -1.39. The van der Waals surface area contributed by atoms with E-state index in [0.29, 0.717) is 13.2 Å². The maximum Gasteiger partial charge on any atom is 0.325 e. The molecular formula is C14H21NO3. The van der Waals surface area contributed by atoms with Crippen molar-refractivity contribution in [3.05, 3.63) is 35.9 Å². The number of ether oxygens (including phenoxy) is 1. The molecule has 4 heteroatoms. The van der Waals surface area contributed by atoms with Gasteiger partial charge in [0.1, 0.15) is 6.04 Å². The van der Waals surface area contributed by atoms with E-state index in [-0.39, 0.29) is 11.9 Å². The summed E-state index contributed by atoms with van der Waals surface area (Å²) < 4.78 is 4.99.